The number of hydrogen-bond acceptors (Lipinski definition) is 4. The molecule has 0 bridgehead atoms. The number of hydrogen-bond donors (Lipinski definition) is 2. The Morgan fingerprint density at radius 3 is 2.47 bits per heavy atom. The zero-order valence-electron chi connectivity index (χ0n) is 11.4. The highest BCUT2D eigenvalue weighted by atomic mass is 16.5. The van der Waals surface area contributed by atoms with Crippen molar-refractivity contribution >= 4 is 17.4 Å². The number of Topliss-reactive ketones (excluding diaryl/α,β-unsaturated/α-hetero) is 1. The first-order valence-electron chi connectivity index (χ1n) is 6.30. The van der Waals surface area contributed by atoms with E-state index in [9.17, 15) is 9.59 Å². The van der Waals surface area contributed by atoms with Crippen molar-refractivity contribution in [1.29, 1.82) is 0 Å². The summed E-state index contributed by atoms with van der Waals surface area (Å²) in [6.45, 7) is 3.03. The Bertz CT molecular complexity index is 415. The Morgan fingerprint density at radius 2 is 1.89 bits per heavy atom. The van der Waals surface area contributed by atoms with Crippen LogP contribution < -0.4 is 10.6 Å². The van der Waals surface area contributed by atoms with Crippen LogP contribution >= 0.6 is 0 Å². The van der Waals surface area contributed by atoms with Crippen LogP contribution in [0.4, 0.5) is 5.69 Å². The van der Waals surface area contributed by atoms with Crippen LogP contribution in [0, 0.1) is 0 Å². The number of benzene rings is 1. The lowest BCUT2D eigenvalue weighted by Crippen LogP contribution is -2.32. The SMILES string of the molecule is CCC(=O)c1ccc(NCC(=O)NCCOC)cc1. The van der Waals surface area contributed by atoms with E-state index in [1.165, 1.54) is 0 Å². The van der Waals surface area contributed by atoms with E-state index in [0.29, 0.717) is 25.1 Å². The zero-order valence-corrected chi connectivity index (χ0v) is 11.4. The minimum Gasteiger partial charge on any atom is -0.383 e. The predicted molar refractivity (Wildman–Crippen MR) is 74.4 cm³/mol. The normalized spacial score (nSPS) is 10.0. The third-order valence-electron chi connectivity index (χ3n) is 2.61. The van der Waals surface area contributed by atoms with Gasteiger partial charge in [0.25, 0.3) is 0 Å². The van der Waals surface area contributed by atoms with Crippen molar-refractivity contribution in [1.82, 2.24) is 5.32 Å². The number of ether oxygens (including phenoxy) is 1. The molecule has 0 aliphatic carbocycles. The summed E-state index contributed by atoms with van der Waals surface area (Å²) >= 11 is 0. The molecule has 0 fully saturated rings. The van der Waals surface area contributed by atoms with E-state index in [2.05, 4.69) is 10.6 Å². The van der Waals surface area contributed by atoms with E-state index in [4.69, 9.17) is 4.74 Å². The van der Waals surface area contributed by atoms with Crippen LogP contribution in [0.2, 0.25) is 0 Å². The summed E-state index contributed by atoms with van der Waals surface area (Å²) in [4.78, 5) is 22.9. The molecule has 0 heterocycles. The Labute approximate surface area is 113 Å². The first kappa shape index (κ1) is 15.2. The van der Waals surface area contributed by atoms with Crippen LogP contribution in [-0.4, -0.2) is 38.5 Å². The summed E-state index contributed by atoms with van der Waals surface area (Å²) in [7, 11) is 1.59. The maximum absolute atomic E-state index is 11.4. The van der Waals surface area contributed by atoms with Crippen molar-refractivity contribution in [3.63, 3.8) is 0 Å². The molecule has 1 aromatic rings. The summed E-state index contributed by atoms with van der Waals surface area (Å²) in [6, 6.07) is 7.12. The summed E-state index contributed by atoms with van der Waals surface area (Å²) in [5, 5.41) is 5.70. The zero-order chi connectivity index (χ0) is 14.1. The van der Waals surface area contributed by atoms with Gasteiger partial charge in [-0.3, -0.25) is 9.59 Å². The number of anilines is 1. The van der Waals surface area contributed by atoms with Gasteiger partial charge in [0, 0.05) is 31.3 Å². The van der Waals surface area contributed by atoms with Crippen LogP contribution in [0.1, 0.15) is 23.7 Å². The maximum Gasteiger partial charge on any atom is 0.239 e. The summed E-state index contributed by atoms with van der Waals surface area (Å²) in [5.41, 5.74) is 1.51. The van der Waals surface area contributed by atoms with Crippen LogP contribution in [0.15, 0.2) is 24.3 Å². The molecule has 1 aromatic carbocycles. The van der Waals surface area contributed by atoms with Gasteiger partial charge in [-0.1, -0.05) is 6.92 Å². The fourth-order valence-corrected chi connectivity index (χ4v) is 1.52. The first-order chi connectivity index (χ1) is 9.17. The minimum absolute atomic E-state index is 0.0919. The first-order valence-corrected chi connectivity index (χ1v) is 6.30. The lowest BCUT2D eigenvalue weighted by atomic mass is 10.1. The average molecular weight is 264 g/mol. The quantitative estimate of drug-likeness (QED) is 0.551. The third kappa shape index (κ3) is 5.52. The number of methoxy groups -OCH3 is 1. The minimum atomic E-state index is -0.0919. The van der Waals surface area contributed by atoms with Crippen molar-refractivity contribution in [2.24, 2.45) is 0 Å². The van der Waals surface area contributed by atoms with Gasteiger partial charge in [0.15, 0.2) is 5.78 Å². The Kier molecular flexibility index (Phi) is 6.60. The molecule has 0 spiro atoms. The van der Waals surface area contributed by atoms with Crippen molar-refractivity contribution in [3.05, 3.63) is 29.8 Å². The van der Waals surface area contributed by atoms with E-state index in [-0.39, 0.29) is 18.2 Å². The van der Waals surface area contributed by atoms with Crippen LogP contribution in [-0.2, 0) is 9.53 Å². The van der Waals surface area contributed by atoms with Gasteiger partial charge in [-0.05, 0) is 24.3 Å². The number of carbonyl (C=O) groups excluding carboxylic acids is 2. The van der Waals surface area contributed by atoms with Gasteiger partial charge in [0.05, 0.1) is 13.2 Å². The fraction of sp³-hybridized carbons (Fsp3) is 0.429. The third-order valence-corrected chi connectivity index (χ3v) is 2.61. The van der Waals surface area contributed by atoms with E-state index < -0.39 is 0 Å². The highest BCUT2D eigenvalue weighted by Gasteiger charge is 2.03. The van der Waals surface area contributed by atoms with Crippen molar-refractivity contribution < 1.29 is 14.3 Å². The van der Waals surface area contributed by atoms with E-state index in [1.54, 1.807) is 31.4 Å². The highest BCUT2D eigenvalue weighted by molar-refractivity contribution is 5.96. The van der Waals surface area contributed by atoms with Gasteiger partial charge in [0.1, 0.15) is 0 Å². The second kappa shape index (κ2) is 8.26. The molecule has 0 saturated carbocycles. The molecule has 19 heavy (non-hydrogen) atoms. The molecule has 1 amide bonds. The molecular formula is C14H20N2O3. The molecular weight excluding hydrogens is 244 g/mol. The van der Waals surface area contributed by atoms with Crippen molar-refractivity contribution in [2.75, 3.05) is 32.1 Å². The topological polar surface area (TPSA) is 67.4 Å². The van der Waals surface area contributed by atoms with Crippen molar-refractivity contribution in [3.8, 4) is 0 Å². The number of nitrogens with one attached hydrogen (secondary N) is 2. The molecule has 0 aliphatic rings. The van der Waals surface area contributed by atoms with E-state index >= 15 is 0 Å². The van der Waals surface area contributed by atoms with Gasteiger partial charge in [-0.15, -0.1) is 0 Å². The molecule has 0 unspecified atom stereocenters. The second-order valence-corrected chi connectivity index (χ2v) is 4.05. The molecule has 5 nitrogen and oxygen atoms in total. The maximum atomic E-state index is 11.4. The Balaban J connectivity index is 2.37. The molecule has 1 rings (SSSR count). The lowest BCUT2D eigenvalue weighted by Gasteiger charge is -2.08. The Morgan fingerprint density at radius 1 is 1.21 bits per heavy atom. The molecule has 0 aliphatic heterocycles. The monoisotopic (exact) mass is 264 g/mol. The van der Waals surface area contributed by atoms with Crippen LogP contribution in [0.5, 0.6) is 0 Å². The highest BCUT2D eigenvalue weighted by Crippen LogP contribution is 2.10. The standard InChI is InChI=1S/C14H20N2O3/c1-3-13(17)11-4-6-12(7-5-11)16-10-14(18)15-8-9-19-2/h4-7,16H,3,8-10H2,1-2H3,(H,15,18). The molecule has 104 valence electrons. The Hall–Kier alpha value is -1.88. The molecule has 2 N–H and O–H groups in total. The van der Waals surface area contributed by atoms with Gasteiger partial charge in [0.2, 0.25) is 5.91 Å². The number of rotatable bonds is 8. The summed E-state index contributed by atoms with van der Waals surface area (Å²) < 4.78 is 4.83. The van der Waals surface area contributed by atoms with Gasteiger partial charge in [-0.25, -0.2) is 0 Å². The predicted octanol–water partition coefficient (Wildman–Crippen LogP) is 1.45. The fourth-order valence-electron chi connectivity index (χ4n) is 1.52. The summed E-state index contributed by atoms with van der Waals surface area (Å²) in [5.74, 6) is 0.0228. The number of amides is 1. The number of carbonyl (C=O) groups is 2. The average Bonchev–Trinajstić information content (AvgIpc) is 2.45. The van der Waals surface area contributed by atoms with E-state index in [0.717, 1.165) is 5.69 Å². The molecule has 0 atom stereocenters. The second-order valence-electron chi connectivity index (χ2n) is 4.05. The van der Waals surface area contributed by atoms with Crippen LogP contribution in [0.3, 0.4) is 0 Å². The van der Waals surface area contributed by atoms with Gasteiger partial charge >= 0.3 is 0 Å². The summed E-state index contributed by atoms with van der Waals surface area (Å²) in [6.07, 6.45) is 0.495. The lowest BCUT2D eigenvalue weighted by molar-refractivity contribution is -0.119. The smallest absolute Gasteiger partial charge is 0.239 e. The molecule has 0 radical (unpaired) electrons. The molecule has 0 saturated heterocycles. The molecule has 5 heteroatoms. The van der Waals surface area contributed by atoms with Gasteiger partial charge < -0.3 is 15.4 Å². The number of ketones is 1. The molecule has 0 aromatic heterocycles. The van der Waals surface area contributed by atoms with Gasteiger partial charge in [-0.2, -0.15) is 0 Å². The van der Waals surface area contributed by atoms with E-state index in [1.807, 2.05) is 6.92 Å². The largest absolute Gasteiger partial charge is 0.383 e. The van der Waals surface area contributed by atoms with Crippen LogP contribution in [0.25, 0.3) is 0 Å². The van der Waals surface area contributed by atoms with Crippen molar-refractivity contribution in [2.45, 2.75) is 13.3 Å².